The first-order valence-corrected chi connectivity index (χ1v) is 6.47. The van der Waals surface area contributed by atoms with E-state index in [9.17, 15) is 0 Å². The number of hydrogen-bond donors (Lipinski definition) is 1. The lowest BCUT2D eigenvalue weighted by Crippen LogP contribution is -2.40. The van der Waals surface area contributed by atoms with Gasteiger partial charge in [0, 0.05) is 6.54 Å². The molecule has 1 unspecified atom stereocenters. The minimum Gasteiger partial charge on any atom is -0.468 e. The largest absolute Gasteiger partial charge is 0.468 e. The fraction of sp³-hybridized carbons (Fsp3) is 0.714. The Morgan fingerprint density at radius 3 is 2.65 bits per heavy atom. The average molecular weight is 238 g/mol. The summed E-state index contributed by atoms with van der Waals surface area (Å²) in [6.07, 6.45) is 2.88. The van der Waals surface area contributed by atoms with Crippen LogP contribution in [0.4, 0.5) is 0 Å². The van der Waals surface area contributed by atoms with Crippen molar-refractivity contribution in [1.82, 2.24) is 4.90 Å². The van der Waals surface area contributed by atoms with Crippen LogP contribution in [0.1, 0.15) is 45.9 Å². The van der Waals surface area contributed by atoms with Crippen LogP contribution in [-0.4, -0.2) is 24.5 Å². The molecule has 0 bridgehead atoms. The molecule has 1 heterocycles. The molecule has 0 aliphatic rings. The van der Waals surface area contributed by atoms with E-state index in [0.717, 1.165) is 25.3 Å². The maximum absolute atomic E-state index is 5.82. The summed E-state index contributed by atoms with van der Waals surface area (Å²) in [7, 11) is 0. The van der Waals surface area contributed by atoms with Gasteiger partial charge >= 0.3 is 0 Å². The maximum atomic E-state index is 5.82. The van der Waals surface area contributed by atoms with Crippen LogP contribution in [0.25, 0.3) is 0 Å². The molecule has 17 heavy (non-hydrogen) atoms. The van der Waals surface area contributed by atoms with Gasteiger partial charge in [0.1, 0.15) is 5.76 Å². The Morgan fingerprint density at radius 2 is 2.18 bits per heavy atom. The van der Waals surface area contributed by atoms with Gasteiger partial charge in [0.05, 0.1) is 12.3 Å². The maximum Gasteiger partial charge on any atom is 0.120 e. The van der Waals surface area contributed by atoms with Crippen LogP contribution < -0.4 is 5.73 Å². The summed E-state index contributed by atoms with van der Waals surface area (Å²) < 4.78 is 5.50. The van der Waals surface area contributed by atoms with Crippen LogP contribution in [0, 0.1) is 5.41 Å². The Balaban J connectivity index is 2.71. The van der Waals surface area contributed by atoms with Crippen molar-refractivity contribution >= 4 is 0 Å². The second-order valence-electron chi connectivity index (χ2n) is 5.53. The minimum atomic E-state index is 0.149. The minimum absolute atomic E-state index is 0.149. The molecule has 1 atom stereocenters. The lowest BCUT2D eigenvalue weighted by molar-refractivity contribution is 0.127. The van der Waals surface area contributed by atoms with E-state index < -0.39 is 0 Å². The zero-order valence-electron chi connectivity index (χ0n) is 11.6. The van der Waals surface area contributed by atoms with E-state index in [-0.39, 0.29) is 5.41 Å². The van der Waals surface area contributed by atoms with Crippen molar-refractivity contribution in [3.63, 3.8) is 0 Å². The molecular weight excluding hydrogens is 212 g/mol. The monoisotopic (exact) mass is 238 g/mol. The van der Waals surface area contributed by atoms with E-state index in [1.54, 1.807) is 6.26 Å². The van der Waals surface area contributed by atoms with Crippen LogP contribution in [0.3, 0.4) is 0 Å². The first-order valence-electron chi connectivity index (χ1n) is 6.47. The average Bonchev–Trinajstić information content (AvgIpc) is 2.81. The van der Waals surface area contributed by atoms with Crippen molar-refractivity contribution in [1.29, 1.82) is 0 Å². The lowest BCUT2D eigenvalue weighted by Gasteiger charge is -2.35. The Kier molecular flexibility index (Phi) is 5.22. The molecule has 0 saturated heterocycles. The highest BCUT2D eigenvalue weighted by Crippen LogP contribution is 2.25. The van der Waals surface area contributed by atoms with Gasteiger partial charge in [-0.15, -0.1) is 0 Å². The van der Waals surface area contributed by atoms with E-state index in [1.165, 1.54) is 0 Å². The molecule has 0 aliphatic heterocycles. The smallest absolute Gasteiger partial charge is 0.120 e. The highest BCUT2D eigenvalue weighted by molar-refractivity contribution is 5.03. The van der Waals surface area contributed by atoms with Crippen molar-refractivity contribution < 1.29 is 4.42 Å². The number of furan rings is 1. The Hall–Kier alpha value is -0.800. The summed E-state index contributed by atoms with van der Waals surface area (Å²) in [5.41, 5.74) is 5.97. The van der Waals surface area contributed by atoms with Gasteiger partial charge in [0.25, 0.3) is 0 Å². The van der Waals surface area contributed by atoms with Gasteiger partial charge < -0.3 is 10.2 Å². The topological polar surface area (TPSA) is 42.4 Å². The molecular formula is C14H26N2O. The molecule has 1 rings (SSSR count). The molecule has 0 saturated carbocycles. The second kappa shape index (κ2) is 6.22. The zero-order valence-corrected chi connectivity index (χ0v) is 11.6. The third-order valence-corrected chi connectivity index (χ3v) is 3.20. The molecule has 0 aliphatic carbocycles. The molecule has 1 aromatic rings. The molecule has 1 aromatic heterocycles. The first-order chi connectivity index (χ1) is 8.00. The summed E-state index contributed by atoms with van der Waals surface area (Å²) >= 11 is 0. The van der Waals surface area contributed by atoms with Crippen LogP contribution in [-0.2, 0) is 0 Å². The molecule has 2 N–H and O–H groups in total. The molecule has 0 fully saturated rings. The van der Waals surface area contributed by atoms with E-state index in [1.807, 2.05) is 12.1 Å². The van der Waals surface area contributed by atoms with Crippen LogP contribution in [0.2, 0.25) is 0 Å². The van der Waals surface area contributed by atoms with Gasteiger partial charge in [0.2, 0.25) is 0 Å². The molecule has 0 spiro atoms. The van der Waals surface area contributed by atoms with Gasteiger partial charge in [0.15, 0.2) is 0 Å². The van der Waals surface area contributed by atoms with E-state index >= 15 is 0 Å². The third kappa shape index (κ3) is 4.17. The highest BCUT2D eigenvalue weighted by Gasteiger charge is 2.24. The van der Waals surface area contributed by atoms with Gasteiger partial charge in [-0.05, 0) is 44.0 Å². The summed E-state index contributed by atoms with van der Waals surface area (Å²) in [6, 6.07) is 4.31. The van der Waals surface area contributed by atoms with Gasteiger partial charge in [-0.1, -0.05) is 20.8 Å². The standard InChI is InChI=1S/C14H26N2O/c1-5-8-16(11-14(3,4)10-15)12(2)13-7-6-9-17-13/h6-7,9,12H,5,8,10-11,15H2,1-4H3. The van der Waals surface area contributed by atoms with E-state index in [2.05, 4.69) is 32.6 Å². The van der Waals surface area contributed by atoms with Gasteiger partial charge in [-0.2, -0.15) is 0 Å². The summed E-state index contributed by atoms with van der Waals surface area (Å²) in [5, 5.41) is 0. The molecule has 0 radical (unpaired) electrons. The van der Waals surface area contributed by atoms with Gasteiger partial charge in [-0.3, -0.25) is 4.90 Å². The van der Waals surface area contributed by atoms with E-state index in [4.69, 9.17) is 10.2 Å². The molecule has 0 amide bonds. The van der Waals surface area contributed by atoms with Crippen molar-refractivity contribution in [2.24, 2.45) is 11.1 Å². The van der Waals surface area contributed by atoms with E-state index in [0.29, 0.717) is 12.6 Å². The van der Waals surface area contributed by atoms with Crippen LogP contribution in [0.15, 0.2) is 22.8 Å². The summed E-state index contributed by atoms with van der Waals surface area (Å²) in [5.74, 6) is 1.03. The fourth-order valence-corrected chi connectivity index (χ4v) is 2.02. The molecule has 3 heteroatoms. The zero-order chi connectivity index (χ0) is 12.9. The predicted molar refractivity (Wildman–Crippen MR) is 71.8 cm³/mol. The predicted octanol–water partition coefficient (Wildman–Crippen LogP) is 3.04. The number of nitrogens with two attached hydrogens (primary N) is 1. The van der Waals surface area contributed by atoms with Crippen molar-refractivity contribution in [3.05, 3.63) is 24.2 Å². The Labute approximate surface area is 105 Å². The summed E-state index contributed by atoms with van der Waals surface area (Å²) in [4.78, 5) is 2.45. The molecule has 0 aromatic carbocycles. The van der Waals surface area contributed by atoms with Crippen molar-refractivity contribution in [2.45, 2.75) is 40.2 Å². The Morgan fingerprint density at radius 1 is 1.47 bits per heavy atom. The highest BCUT2D eigenvalue weighted by atomic mass is 16.3. The number of hydrogen-bond acceptors (Lipinski definition) is 3. The second-order valence-corrected chi connectivity index (χ2v) is 5.53. The van der Waals surface area contributed by atoms with Crippen molar-refractivity contribution in [3.8, 4) is 0 Å². The van der Waals surface area contributed by atoms with Crippen molar-refractivity contribution in [2.75, 3.05) is 19.6 Å². The van der Waals surface area contributed by atoms with Crippen LogP contribution in [0.5, 0.6) is 0 Å². The SMILES string of the molecule is CCCN(CC(C)(C)CN)C(C)c1ccco1. The third-order valence-electron chi connectivity index (χ3n) is 3.20. The Bertz CT molecular complexity index is 306. The molecule has 98 valence electrons. The normalized spacial score (nSPS) is 14.2. The first kappa shape index (κ1) is 14.3. The van der Waals surface area contributed by atoms with Crippen LogP contribution >= 0.6 is 0 Å². The fourth-order valence-electron chi connectivity index (χ4n) is 2.02. The number of nitrogens with zero attached hydrogens (tertiary/aromatic N) is 1. The molecule has 3 nitrogen and oxygen atoms in total. The summed E-state index contributed by atoms with van der Waals surface area (Å²) in [6.45, 7) is 11.6. The quantitative estimate of drug-likeness (QED) is 0.794. The lowest BCUT2D eigenvalue weighted by atomic mass is 9.92. The number of rotatable bonds is 7. The van der Waals surface area contributed by atoms with Gasteiger partial charge in [-0.25, -0.2) is 0 Å².